The number of hydrogen-bond acceptors (Lipinski definition) is 8. The molecule has 5 rings (SSSR count). The first-order valence-corrected chi connectivity index (χ1v) is 11.4. The molecule has 0 radical (unpaired) electrons. The van der Waals surface area contributed by atoms with E-state index in [4.69, 9.17) is 0 Å². The van der Waals surface area contributed by atoms with Gasteiger partial charge in [-0.05, 0) is 12.5 Å². The van der Waals surface area contributed by atoms with Crippen molar-refractivity contribution in [2.75, 3.05) is 31.5 Å². The number of rotatable bonds is 7. The second kappa shape index (κ2) is 9.53. The normalized spacial score (nSPS) is 20.5. The zero-order chi connectivity index (χ0) is 23.7. The summed E-state index contributed by atoms with van der Waals surface area (Å²) in [6, 6.07) is 4.35. The predicted molar refractivity (Wildman–Crippen MR) is 123 cm³/mol. The van der Waals surface area contributed by atoms with E-state index < -0.39 is 11.9 Å². The van der Waals surface area contributed by atoms with Gasteiger partial charge < -0.3 is 20.3 Å². The molecule has 1 amide bonds. The molecule has 2 atom stereocenters. The van der Waals surface area contributed by atoms with E-state index in [1.807, 2.05) is 0 Å². The molecule has 11 heteroatoms. The fraction of sp³-hybridized carbons (Fsp3) is 0.435. The Morgan fingerprint density at radius 1 is 1.15 bits per heavy atom. The first-order valence-electron chi connectivity index (χ1n) is 11.4. The average Bonchev–Trinajstić information content (AvgIpc) is 3.17. The third-order valence-corrected chi connectivity index (χ3v) is 6.41. The molecule has 2 aliphatic heterocycles. The van der Waals surface area contributed by atoms with Crippen LogP contribution in [0, 0.1) is 11.7 Å². The third kappa shape index (κ3) is 4.81. The van der Waals surface area contributed by atoms with Crippen molar-refractivity contribution in [3.05, 3.63) is 58.2 Å². The first-order chi connectivity index (χ1) is 16.5. The second-order valence-electron chi connectivity index (χ2n) is 8.81. The van der Waals surface area contributed by atoms with Gasteiger partial charge in [0.2, 0.25) is 5.91 Å². The number of likely N-dealkylation sites (tertiary alicyclic amines) is 1. The van der Waals surface area contributed by atoms with E-state index in [1.165, 1.54) is 16.7 Å². The first kappa shape index (κ1) is 22.5. The SMILES string of the molecule is O=C1CCc2cnc(CNC[C@H]3CN(CCn4c(=O)ccc5ncc(F)cc54)C[C@H]3O)nc2N1. The van der Waals surface area contributed by atoms with Crippen molar-refractivity contribution in [3.8, 4) is 0 Å². The number of aromatic nitrogens is 4. The van der Waals surface area contributed by atoms with Crippen LogP contribution in [0.25, 0.3) is 11.0 Å². The van der Waals surface area contributed by atoms with Crippen LogP contribution in [0.4, 0.5) is 10.2 Å². The molecule has 0 unspecified atom stereocenters. The highest BCUT2D eigenvalue weighted by Gasteiger charge is 2.30. The molecule has 0 bridgehead atoms. The lowest BCUT2D eigenvalue weighted by Crippen LogP contribution is -2.31. The molecule has 0 aromatic carbocycles. The van der Waals surface area contributed by atoms with Crippen molar-refractivity contribution in [3.63, 3.8) is 0 Å². The number of carbonyl (C=O) groups excluding carboxylic acids is 1. The van der Waals surface area contributed by atoms with E-state index in [-0.39, 0.29) is 17.4 Å². The number of aryl methyl sites for hydroxylation is 1. The van der Waals surface area contributed by atoms with Gasteiger partial charge in [0.15, 0.2) is 0 Å². The van der Waals surface area contributed by atoms with Crippen LogP contribution in [0.3, 0.4) is 0 Å². The van der Waals surface area contributed by atoms with E-state index in [0.29, 0.717) is 74.8 Å². The highest BCUT2D eigenvalue weighted by Crippen LogP contribution is 2.20. The van der Waals surface area contributed by atoms with E-state index in [1.54, 1.807) is 12.3 Å². The second-order valence-corrected chi connectivity index (χ2v) is 8.81. The van der Waals surface area contributed by atoms with Crippen molar-refractivity contribution in [2.24, 2.45) is 5.92 Å². The molecule has 3 N–H and O–H groups in total. The fourth-order valence-corrected chi connectivity index (χ4v) is 4.57. The maximum absolute atomic E-state index is 13.7. The van der Waals surface area contributed by atoms with Gasteiger partial charge in [0.1, 0.15) is 17.5 Å². The zero-order valence-corrected chi connectivity index (χ0v) is 18.6. The number of nitrogens with zero attached hydrogens (tertiary/aromatic N) is 5. The lowest BCUT2D eigenvalue weighted by molar-refractivity contribution is -0.116. The lowest BCUT2D eigenvalue weighted by Gasteiger charge is -2.18. The number of hydrogen-bond donors (Lipinski definition) is 3. The Kier molecular flexibility index (Phi) is 6.31. The van der Waals surface area contributed by atoms with Crippen LogP contribution in [0.2, 0.25) is 0 Å². The topological polar surface area (TPSA) is 125 Å². The molecular weight excluding hydrogens is 441 g/mol. The summed E-state index contributed by atoms with van der Waals surface area (Å²) in [7, 11) is 0. The molecule has 5 heterocycles. The van der Waals surface area contributed by atoms with E-state index in [9.17, 15) is 19.1 Å². The van der Waals surface area contributed by atoms with Gasteiger partial charge in [0.25, 0.3) is 5.56 Å². The Balaban J connectivity index is 1.15. The van der Waals surface area contributed by atoms with Gasteiger partial charge in [-0.3, -0.25) is 19.5 Å². The Labute approximate surface area is 194 Å². The molecule has 178 valence electrons. The number of carbonyl (C=O) groups is 1. The van der Waals surface area contributed by atoms with Crippen molar-refractivity contribution in [1.29, 1.82) is 0 Å². The summed E-state index contributed by atoms with van der Waals surface area (Å²) in [4.78, 5) is 38.9. The average molecular weight is 468 g/mol. The monoisotopic (exact) mass is 467 g/mol. The number of β-amino-alcohol motifs (C(OH)–C–C–N with tert-alkyl or cyclic N) is 1. The summed E-state index contributed by atoms with van der Waals surface area (Å²) >= 11 is 0. The van der Waals surface area contributed by atoms with Gasteiger partial charge in [-0.25, -0.2) is 14.4 Å². The minimum absolute atomic E-state index is 0.0145. The fourth-order valence-electron chi connectivity index (χ4n) is 4.57. The van der Waals surface area contributed by atoms with E-state index in [0.717, 1.165) is 11.8 Å². The summed E-state index contributed by atoms with van der Waals surface area (Å²) < 4.78 is 15.2. The molecule has 3 aromatic heterocycles. The van der Waals surface area contributed by atoms with Gasteiger partial charge in [-0.1, -0.05) is 0 Å². The smallest absolute Gasteiger partial charge is 0.251 e. The van der Waals surface area contributed by atoms with Gasteiger partial charge in [0, 0.05) is 69.0 Å². The predicted octanol–water partition coefficient (Wildman–Crippen LogP) is 0.293. The summed E-state index contributed by atoms with van der Waals surface area (Å²) in [5.41, 5.74) is 1.76. The highest BCUT2D eigenvalue weighted by atomic mass is 19.1. The van der Waals surface area contributed by atoms with Crippen LogP contribution in [0.1, 0.15) is 17.8 Å². The molecule has 0 aliphatic carbocycles. The quantitative estimate of drug-likeness (QED) is 0.453. The van der Waals surface area contributed by atoms with Crippen LogP contribution >= 0.6 is 0 Å². The summed E-state index contributed by atoms with van der Waals surface area (Å²) in [6.45, 7) is 3.10. The van der Waals surface area contributed by atoms with Gasteiger partial charge >= 0.3 is 0 Å². The van der Waals surface area contributed by atoms with Crippen LogP contribution in [-0.2, 0) is 24.3 Å². The molecule has 1 fully saturated rings. The number of anilines is 1. The van der Waals surface area contributed by atoms with Crippen LogP contribution in [-0.4, -0.2) is 67.7 Å². The lowest BCUT2D eigenvalue weighted by atomic mass is 10.1. The number of amides is 1. The number of halogens is 1. The Bertz CT molecular complexity index is 1280. The third-order valence-electron chi connectivity index (χ3n) is 6.41. The van der Waals surface area contributed by atoms with E-state index >= 15 is 0 Å². The minimum atomic E-state index is -0.500. The molecule has 0 saturated carbocycles. The number of nitrogens with one attached hydrogen (secondary N) is 2. The highest BCUT2D eigenvalue weighted by molar-refractivity contribution is 5.92. The Morgan fingerprint density at radius 2 is 2.03 bits per heavy atom. The maximum atomic E-state index is 13.7. The van der Waals surface area contributed by atoms with Gasteiger partial charge in [0.05, 0.1) is 29.9 Å². The Morgan fingerprint density at radius 3 is 2.91 bits per heavy atom. The largest absolute Gasteiger partial charge is 0.391 e. The number of aliphatic hydroxyl groups excluding tert-OH is 1. The minimum Gasteiger partial charge on any atom is -0.391 e. The number of fused-ring (bicyclic) bond motifs is 2. The van der Waals surface area contributed by atoms with Crippen LogP contribution in [0.5, 0.6) is 0 Å². The summed E-state index contributed by atoms with van der Waals surface area (Å²) in [5.74, 6) is 0.655. The van der Waals surface area contributed by atoms with Crippen molar-refractivity contribution in [1.82, 2.24) is 29.7 Å². The molecular formula is C23H26FN7O3. The molecule has 34 heavy (non-hydrogen) atoms. The van der Waals surface area contributed by atoms with Crippen LogP contribution < -0.4 is 16.2 Å². The number of pyridine rings is 2. The van der Waals surface area contributed by atoms with Gasteiger partial charge in [-0.2, -0.15) is 0 Å². The molecule has 0 spiro atoms. The molecule has 2 aliphatic rings. The maximum Gasteiger partial charge on any atom is 0.251 e. The van der Waals surface area contributed by atoms with Crippen LogP contribution in [0.15, 0.2) is 35.4 Å². The Hall–Kier alpha value is -3.28. The summed E-state index contributed by atoms with van der Waals surface area (Å²) in [5, 5.41) is 16.6. The molecule has 10 nitrogen and oxygen atoms in total. The van der Waals surface area contributed by atoms with Crippen molar-refractivity contribution >= 4 is 22.8 Å². The molecule has 3 aromatic rings. The van der Waals surface area contributed by atoms with Crippen molar-refractivity contribution < 1.29 is 14.3 Å². The molecule has 1 saturated heterocycles. The number of aliphatic hydroxyl groups is 1. The van der Waals surface area contributed by atoms with E-state index in [2.05, 4.69) is 30.5 Å². The zero-order valence-electron chi connectivity index (χ0n) is 18.6. The van der Waals surface area contributed by atoms with Gasteiger partial charge in [-0.15, -0.1) is 0 Å². The summed E-state index contributed by atoms with van der Waals surface area (Å²) in [6.07, 6.45) is 3.49. The van der Waals surface area contributed by atoms with Crippen molar-refractivity contribution in [2.45, 2.75) is 32.0 Å². The standard InChI is InChI=1S/C23H26FN7O3/c24-16-7-18-17(26-10-16)2-4-22(34)31(18)6-5-30-12-15(19(32)13-30)8-25-11-20-27-9-14-1-3-21(33)29-23(14)28-20/h2,4,7,9-10,15,19,25,32H,1,3,5-6,8,11-13H2,(H,27,28,29,33)/t15-,19+/m0/s1.